The molecule has 0 bridgehead atoms. The predicted octanol–water partition coefficient (Wildman–Crippen LogP) is 25.2. The van der Waals surface area contributed by atoms with Gasteiger partial charge in [0.2, 0.25) is 0 Å². The first-order valence-corrected chi connectivity index (χ1v) is 38.0. The number of allylic oxidation sites excluding steroid dienone is 5. The molecule has 3 aliphatic heterocycles. The lowest BCUT2D eigenvalue weighted by atomic mass is 9.61. The van der Waals surface area contributed by atoms with Crippen LogP contribution in [0.5, 0.6) is 23.0 Å². The lowest BCUT2D eigenvalue weighted by molar-refractivity contribution is 0.375. The highest BCUT2D eigenvalue weighted by Gasteiger charge is 2.57. The van der Waals surface area contributed by atoms with Crippen molar-refractivity contribution in [1.29, 1.82) is 0 Å². The van der Waals surface area contributed by atoms with Crippen LogP contribution in [0.3, 0.4) is 0 Å². The Labute approximate surface area is 638 Å². The number of nitrogens with zero attached hydrogens (tertiary/aromatic N) is 3. The molecule has 22 rings (SSSR count). The molecule has 516 valence electrons. The summed E-state index contributed by atoms with van der Waals surface area (Å²) >= 11 is 0. The Bertz CT molecular complexity index is 6530. The Morgan fingerprint density at radius 2 is 0.809 bits per heavy atom. The number of para-hydroxylation sites is 4. The van der Waals surface area contributed by atoms with Gasteiger partial charge in [-0.05, 0) is 131 Å². The normalized spacial score (nSPS) is 17.4. The molecule has 0 amide bonds. The molecule has 0 radical (unpaired) electrons. The molecular formula is C104H68N4O2. The van der Waals surface area contributed by atoms with Crippen LogP contribution in [0.15, 0.2) is 393 Å². The van der Waals surface area contributed by atoms with Gasteiger partial charge < -0.3 is 14.8 Å². The van der Waals surface area contributed by atoms with Crippen LogP contribution < -0.4 is 14.8 Å². The van der Waals surface area contributed by atoms with Crippen molar-refractivity contribution in [2.24, 2.45) is 10.9 Å². The van der Waals surface area contributed by atoms with Crippen molar-refractivity contribution in [3.63, 3.8) is 0 Å². The summed E-state index contributed by atoms with van der Waals surface area (Å²) in [5.74, 6) is 4.38. The van der Waals surface area contributed by atoms with Crippen LogP contribution in [-0.2, 0) is 10.8 Å². The summed E-state index contributed by atoms with van der Waals surface area (Å²) in [6, 6.07) is 129. The second kappa shape index (κ2) is 25.3. The van der Waals surface area contributed by atoms with E-state index in [1.807, 2.05) is 6.07 Å². The number of nitrogens with one attached hydrogen (secondary N) is 1. The molecule has 2 spiro atoms. The van der Waals surface area contributed by atoms with Crippen molar-refractivity contribution < 1.29 is 9.47 Å². The van der Waals surface area contributed by atoms with Crippen molar-refractivity contribution in [2.45, 2.75) is 22.9 Å². The fourth-order valence-corrected chi connectivity index (χ4v) is 18.8. The van der Waals surface area contributed by atoms with Crippen LogP contribution >= 0.6 is 0 Å². The van der Waals surface area contributed by atoms with Crippen LogP contribution in [0.2, 0.25) is 0 Å². The van der Waals surface area contributed by atoms with Crippen LogP contribution in [0.25, 0.3) is 106 Å². The third-order valence-electron chi connectivity index (χ3n) is 23.8. The van der Waals surface area contributed by atoms with E-state index in [2.05, 4.69) is 388 Å². The van der Waals surface area contributed by atoms with E-state index < -0.39 is 10.8 Å². The van der Waals surface area contributed by atoms with E-state index in [9.17, 15) is 0 Å². The Kier molecular flexibility index (Phi) is 14.5. The van der Waals surface area contributed by atoms with E-state index in [1.54, 1.807) is 0 Å². The van der Waals surface area contributed by atoms with Gasteiger partial charge in [-0.3, -0.25) is 4.99 Å². The lowest BCUT2D eigenvalue weighted by Crippen LogP contribution is -2.37. The first-order valence-electron chi connectivity index (χ1n) is 38.0. The largest absolute Gasteiger partial charge is 0.456 e. The first-order chi connectivity index (χ1) is 54.5. The Hall–Kier alpha value is -14.1. The van der Waals surface area contributed by atoms with E-state index in [-0.39, 0.29) is 18.0 Å². The highest BCUT2D eigenvalue weighted by Crippen LogP contribution is 2.67. The van der Waals surface area contributed by atoms with Gasteiger partial charge in [-0.25, -0.2) is 9.97 Å². The predicted molar refractivity (Wildman–Crippen MR) is 446 cm³/mol. The minimum Gasteiger partial charge on any atom is -0.456 e. The zero-order valence-electron chi connectivity index (χ0n) is 59.8. The minimum atomic E-state index is -0.551. The van der Waals surface area contributed by atoms with Gasteiger partial charge in [0.05, 0.1) is 27.9 Å². The average Bonchev–Trinajstić information content (AvgIpc) is 1.51. The molecule has 0 saturated carbocycles. The number of aliphatic imine (C=N–C) groups is 1. The maximum absolute atomic E-state index is 7.23. The zero-order chi connectivity index (χ0) is 72.4. The maximum atomic E-state index is 7.23. The van der Waals surface area contributed by atoms with Gasteiger partial charge in [-0.1, -0.05) is 352 Å². The summed E-state index contributed by atoms with van der Waals surface area (Å²) in [5.41, 5.74) is 30.0. The monoisotopic (exact) mass is 1400 g/mol. The Balaban J connectivity index is 0.564. The van der Waals surface area contributed by atoms with Crippen molar-refractivity contribution in [3.8, 4) is 113 Å². The number of rotatable bonds is 10. The van der Waals surface area contributed by atoms with Crippen LogP contribution in [0.1, 0.15) is 73.3 Å². The van der Waals surface area contributed by atoms with Gasteiger partial charge in [0.1, 0.15) is 29.2 Å². The number of benzene rings is 15. The van der Waals surface area contributed by atoms with Crippen LogP contribution in [-0.4, -0.2) is 15.7 Å². The standard InChI is InChI=1S/C104H68N4O2/c1-3-23-69(24-4-1)93-63-95(107-101(105-93)72-53-47-67(48-54-72)79-33-20-40-91-99(79)109-97-42-17-15-38-89(97)103(91)85-35-12-9-30-81(85)82-31-10-13-36-86(82)103)71-51-44-66(45-52-71)75-28-19-29-76(60-75)77-58-59-88-84(62-77)83-32-11-14-37-87(83)104(88)90-39-16-18-43-98(90)110-100-80(34-21-41-92(100)104)68-49-55-73(56-50-68)102-106-94(70-25-5-2-6-26-70)64-96(108-102)78-57-46-65-22-7-8-27-74(65)61-78/h1-64,83,87,101,107H. The summed E-state index contributed by atoms with van der Waals surface area (Å²) in [6.45, 7) is 0. The molecule has 0 fully saturated rings. The SMILES string of the molecule is C1=CC2c3cc(-c4cccc(-c5ccc(C6=CC(c7ccccc7)=NC(c7ccc(-c8cccc9c8Oc8ccccc8C98c9ccccc9-c9ccccc98)cc7)N6)cc5)c4)ccc3C3(c4ccccc4Oc4c(-c5ccc(-c6nc(-c7ccccc7)cc(-c7ccc8ccccc8c7)n6)cc5)cccc43)C2C=C1. The third kappa shape index (κ3) is 9.92. The molecule has 1 aromatic heterocycles. The summed E-state index contributed by atoms with van der Waals surface area (Å²) in [6.07, 6.45) is 11.2. The molecular weight excluding hydrogens is 1340 g/mol. The molecule has 16 aromatic rings. The highest BCUT2D eigenvalue weighted by atomic mass is 16.5. The first kappa shape index (κ1) is 63.2. The Morgan fingerprint density at radius 1 is 0.309 bits per heavy atom. The van der Waals surface area contributed by atoms with Crippen LogP contribution in [0, 0.1) is 5.92 Å². The van der Waals surface area contributed by atoms with Gasteiger partial charge >= 0.3 is 0 Å². The fourth-order valence-electron chi connectivity index (χ4n) is 18.8. The third-order valence-corrected chi connectivity index (χ3v) is 23.8. The number of fused-ring (bicyclic) bond motifs is 19. The summed E-state index contributed by atoms with van der Waals surface area (Å²) < 4.78 is 14.3. The quantitative estimate of drug-likeness (QED) is 0.148. The molecule has 6 nitrogen and oxygen atoms in total. The number of ether oxygens (including phenoxy) is 2. The lowest BCUT2D eigenvalue weighted by Gasteiger charge is -2.43. The zero-order valence-corrected chi connectivity index (χ0v) is 59.8. The van der Waals surface area contributed by atoms with Crippen molar-refractivity contribution in [2.75, 3.05) is 0 Å². The van der Waals surface area contributed by atoms with E-state index in [4.69, 9.17) is 24.4 Å². The van der Waals surface area contributed by atoms with E-state index in [0.29, 0.717) is 5.82 Å². The van der Waals surface area contributed by atoms with E-state index in [1.165, 1.54) is 55.3 Å². The van der Waals surface area contributed by atoms with Gasteiger partial charge in [-0.2, -0.15) is 0 Å². The summed E-state index contributed by atoms with van der Waals surface area (Å²) in [4.78, 5) is 15.9. The van der Waals surface area contributed by atoms with Crippen LogP contribution in [0.4, 0.5) is 0 Å². The number of hydrogen-bond acceptors (Lipinski definition) is 6. The molecule has 3 aliphatic carbocycles. The second-order valence-corrected chi connectivity index (χ2v) is 29.6. The summed E-state index contributed by atoms with van der Waals surface area (Å²) in [5, 5.41) is 6.25. The van der Waals surface area contributed by atoms with Crippen molar-refractivity contribution >= 4 is 22.2 Å². The Morgan fingerprint density at radius 3 is 1.54 bits per heavy atom. The number of hydrogen-bond donors (Lipinski definition) is 1. The van der Waals surface area contributed by atoms with E-state index >= 15 is 0 Å². The molecule has 6 aliphatic rings. The summed E-state index contributed by atoms with van der Waals surface area (Å²) in [7, 11) is 0. The number of aromatic nitrogens is 2. The van der Waals surface area contributed by atoms with Gasteiger partial charge in [0.25, 0.3) is 0 Å². The second-order valence-electron chi connectivity index (χ2n) is 29.6. The molecule has 4 atom stereocenters. The topological polar surface area (TPSA) is 68.6 Å². The maximum Gasteiger partial charge on any atom is 0.160 e. The highest BCUT2D eigenvalue weighted by molar-refractivity contribution is 6.13. The van der Waals surface area contributed by atoms with Gasteiger partial charge in [0, 0.05) is 67.6 Å². The molecule has 110 heavy (non-hydrogen) atoms. The molecule has 4 heterocycles. The molecule has 1 N–H and O–H groups in total. The van der Waals surface area contributed by atoms with E-state index in [0.717, 1.165) is 135 Å². The molecule has 15 aromatic carbocycles. The van der Waals surface area contributed by atoms with Crippen molar-refractivity contribution in [3.05, 3.63) is 449 Å². The van der Waals surface area contributed by atoms with Crippen molar-refractivity contribution in [1.82, 2.24) is 15.3 Å². The molecule has 4 unspecified atom stereocenters. The molecule has 0 saturated heterocycles. The van der Waals surface area contributed by atoms with Gasteiger partial charge in [0.15, 0.2) is 5.82 Å². The average molecular weight is 1410 g/mol. The smallest absolute Gasteiger partial charge is 0.160 e. The minimum absolute atomic E-state index is 0.0826. The van der Waals surface area contributed by atoms with Gasteiger partial charge in [-0.15, -0.1) is 0 Å². The fraction of sp³-hybridized carbons (Fsp3) is 0.0481. The molecule has 6 heteroatoms.